The zero-order valence-corrected chi connectivity index (χ0v) is 19.8. The number of hydrogen-bond acceptors (Lipinski definition) is 5. The summed E-state index contributed by atoms with van der Waals surface area (Å²) in [5.74, 6) is -0.651. The number of halogens is 1. The predicted octanol–water partition coefficient (Wildman–Crippen LogP) is 5.51. The van der Waals surface area contributed by atoms with E-state index in [-0.39, 0.29) is 11.3 Å². The van der Waals surface area contributed by atoms with E-state index in [1.807, 2.05) is 6.07 Å². The summed E-state index contributed by atoms with van der Waals surface area (Å²) < 4.78 is 6.47. The number of carbonyl (C=O) groups excluding carboxylic acids is 2. The summed E-state index contributed by atoms with van der Waals surface area (Å²) >= 11 is 3.42. The first kappa shape index (κ1) is 22.7. The van der Waals surface area contributed by atoms with Crippen molar-refractivity contribution in [3.63, 3.8) is 0 Å². The van der Waals surface area contributed by atoms with Gasteiger partial charge in [0, 0.05) is 28.1 Å². The van der Waals surface area contributed by atoms with Crippen LogP contribution in [0.5, 0.6) is 5.75 Å². The van der Waals surface area contributed by atoms with Crippen molar-refractivity contribution in [2.75, 3.05) is 11.5 Å². The Morgan fingerprint density at radius 1 is 1.12 bits per heavy atom. The van der Waals surface area contributed by atoms with Gasteiger partial charge in [-0.1, -0.05) is 41.9 Å². The van der Waals surface area contributed by atoms with Crippen LogP contribution in [-0.4, -0.2) is 28.4 Å². The minimum atomic E-state index is -0.815. The third kappa shape index (κ3) is 4.68. The zero-order valence-electron chi connectivity index (χ0n) is 18.2. The average Bonchev–Trinajstić information content (AvgIpc) is 3.08. The molecule has 168 valence electrons. The van der Waals surface area contributed by atoms with Gasteiger partial charge in [-0.25, -0.2) is 0 Å². The van der Waals surface area contributed by atoms with Crippen LogP contribution in [0.2, 0.25) is 0 Å². The summed E-state index contributed by atoms with van der Waals surface area (Å²) in [4.78, 5) is 31.8. The molecule has 7 heteroatoms. The first-order chi connectivity index (χ1) is 15.9. The number of hydrogen-bond donors (Lipinski definition) is 1. The largest absolute Gasteiger partial charge is 0.507 e. The molecule has 33 heavy (non-hydrogen) atoms. The van der Waals surface area contributed by atoms with E-state index in [0.29, 0.717) is 35.1 Å². The number of pyridine rings is 1. The fourth-order valence-electron chi connectivity index (χ4n) is 3.71. The van der Waals surface area contributed by atoms with Crippen molar-refractivity contribution in [1.29, 1.82) is 0 Å². The number of benzene rings is 2. The summed E-state index contributed by atoms with van der Waals surface area (Å²) in [6.45, 7) is 4.69. The van der Waals surface area contributed by atoms with Crippen LogP contribution in [0.15, 0.2) is 83.1 Å². The number of carbonyl (C=O) groups is 2. The minimum absolute atomic E-state index is 0.0174. The standard InChI is InChI=1S/C26H23BrN2O4/c1-16(2)15-33-21-10-8-17(9-11-21)24(30)22-23(18-5-4-12-28-14-18)29(26(32)25(22)31)20-7-3-6-19(27)13-20/h3-14,16,23,30H,15H2,1-2H3/b24-22+. The molecular formula is C26H23BrN2O4. The maximum absolute atomic E-state index is 13.2. The second-order valence-electron chi connectivity index (χ2n) is 8.16. The number of aliphatic hydroxyl groups is 1. The fourth-order valence-corrected chi connectivity index (χ4v) is 4.09. The summed E-state index contributed by atoms with van der Waals surface area (Å²) in [7, 11) is 0. The van der Waals surface area contributed by atoms with Gasteiger partial charge in [-0.05, 0) is 60.0 Å². The number of amides is 1. The maximum Gasteiger partial charge on any atom is 0.300 e. The number of aliphatic hydroxyl groups excluding tert-OH is 1. The highest BCUT2D eigenvalue weighted by Gasteiger charge is 2.47. The Morgan fingerprint density at radius 3 is 2.52 bits per heavy atom. The lowest BCUT2D eigenvalue weighted by Gasteiger charge is -2.25. The lowest BCUT2D eigenvalue weighted by Crippen LogP contribution is -2.29. The van der Waals surface area contributed by atoms with E-state index in [2.05, 4.69) is 34.8 Å². The number of aromatic nitrogens is 1. The molecule has 1 unspecified atom stereocenters. The Morgan fingerprint density at radius 2 is 1.88 bits per heavy atom. The topological polar surface area (TPSA) is 79.7 Å². The molecule has 0 bridgehead atoms. The Labute approximate surface area is 200 Å². The van der Waals surface area contributed by atoms with Gasteiger partial charge in [-0.15, -0.1) is 0 Å². The van der Waals surface area contributed by atoms with E-state index in [1.54, 1.807) is 67.0 Å². The van der Waals surface area contributed by atoms with Gasteiger partial charge in [0.05, 0.1) is 18.2 Å². The minimum Gasteiger partial charge on any atom is -0.507 e. The molecular weight excluding hydrogens is 484 g/mol. The molecule has 0 radical (unpaired) electrons. The molecule has 2 heterocycles. The molecule has 0 spiro atoms. The molecule has 1 atom stereocenters. The number of ketones is 1. The fraction of sp³-hybridized carbons (Fsp3) is 0.192. The van der Waals surface area contributed by atoms with Gasteiger partial charge in [-0.2, -0.15) is 0 Å². The highest BCUT2D eigenvalue weighted by atomic mass is 79.9. The Kier molecular flexibility index (Phi) is 6.60. The van der Waals surface area contributed by atoms with E-state index < -0.39 is 17.7 Å². The molecule has 0 aliphatic carbocycles. The van der Waals surface area contributed by atoms with Crippen LogP contribution < -0.4 is 9.64 Å². The molecule has 0 saturated carbocycles. The molecule has 1 fully saturated rings. The van der Waals surface area contributed by atoms with E-state index in [1.165, 1.54) is 4.90 Å². The molecule has 1 aliphatic rings. The van der Waals surface area contributed by atoms with Crippen molar-refractivity contribution in [3.8, 4) is 5.75 Å². The van der Waals surface area contributed by atoms with Crippen molar-refractivity contribution in [2.45, 2.75) is 19.9 Å². The molecule has 1 N–H and O–H groups in total. The van der Waals surface area contributed by atoms with Gasteiger partial charge in [0.1, 0.15) is 11.5 Å². The van der Waals surface area contributed by atoms with Crippen LogP contribution in [0, 0.1) is 5.92 Å². The van der Waals surface area contributed by atoms with Gasteiger partial charge in [0.15, 0.2) is 0 Å². The first-order valence-corrected chi connectivity index (χ1v) is 11.4. The SMILES string of the molecule is CC(C)COc1ccc(/C(O)=C2\C(=O)C(=O)N(c3cccc(Br)c3)C2c2cccnc2)cc1. The summed E-state index contributed by atoms with van der Waals surface area (Å²) in [6.07, 6.45) is 3.21. The second kappa shape index (κ2) is 9.58. The van der Waals surface area contributed by atoms with Crippen molar-refractivity contribution >= 4 is 39.1 Å². The smallest absolute Gasteiger partial charge is 0.300 e. The van der Waals surface area contributed by atoms with Gasteiger partial charge in [-0.3, -0.25) is 19.5 Å². The first-order valence-electron chi connectivity index (χ1n) is 10.6. The molecule has 3 aromatic rings. The summed E-state index contributed by atoms with van der Waals surface area (Å²) in [5.41, 5.74) is 1.60. The van der Waals surface area contributed by atoms with E-state index >= 15 is 0 Å². The van der Waals surface area contributed by atoms with E-state index in [0.717, 1.165) is 4.47 Å². The molecule has 6 nitrogen and oxygen atoms in total. The van der Waals surface area contributed by atoms with Gasteiger partial charge in [0.25, 0.3) is 11.7 Å². The Hall–Kier alpha value is -3.45. The number of Topliss-reactive ketones (excluding diaryl/α,β-unsaturated/α-hetero) is 1. The number of rotatable bonds is 6. The van der Waals surface area contributed by atoms with Gasteiger partial charge in [0.2, 0.25) is 0 Å². The summed E-state index contributed by atoms with van der Waals surface area (Å²) in [5, 5.41) is 11.2. The van der Waals surface area contributed by atoms with E-state index in [4.69, 9.17) is 4.74 Å². The van der Waals surface area contributed by atoms with Crippen molar-refractivity contribution in [1.82, 2.24) is 4.98 Å². The molecule has 1 amide bonds. The molecule has 1 saturated heterocycles. The predicted molar refractivity (Wildman–Crippen MR) is 130 cm³/mol. The van der Waals surface area contributed by atoms with Crippen molar-refractivity contribution in [3.05, 3.63) is 94.2 Å². The third-order valence-corrected chi connectivity index (χ3v) is 5.74. The van der Waals surface area contributed by atoms with Crippen LogP contribution in [0.3, 0.4) is 0 Å². The van der Waals surface area contributed by atoms with Gasteiger partial charge < -0.3 is 9.84 Å². The maximum atomic E-state index is 13.2. The van der Waals surface area contributed by atoms with Crippen molar-refractivity contribution in [2.24, 2.45) is 5.92 Å². The lowest BCUT2D eigenvalue weighted by molar-refractivity contribution is -0.132. The van der Waals surface area contributed by atoms with Crippen LogP contribution in [0.25, 0.3) is 5.76 Å². The van der Waals surface area contributed by atoms with Crippen LogP contribution in [-0.2, 0) is 9.59 Å². The Balaban J connectivity index is 1.80. The summed E-state index contributed by atoms with van der Waals surface area (Å²) in [6, 6.07) is 16.7. The van der Waals surface area contributed by atoms with Crippen LogP contribution >= 0.6 is 15.9 Å². The third-order valence-electron chi connectivity index (χ3n) is 5.24. The highest BCUT2D eigenvalue weighted by molar-refractivity contribution is 9.10. The normalized spacial score (nSPS) is 17.6. The van der Waals surface area contributed by atoms with Crippen molar-refractivity contribution < 1.29 is 19.4 Å². The zero-order chi connectivity index (χ0) is 23.5. The Bertz CT molecular complexity index is 1210. The van der Waals surface area contributed by atoms with E-state index in [9.17, 15) is 14.7 Å². The number of ether oxygens (including phenoxy) is 1. The quantitative estimate of drug-likeness (QED) is 0.271. The average molecular weight is 507 g/mol. The number of anilines is 1. The van der Waals surface area contributed by atoms with Crippen LogP contribution in [0.4, 0.5) is 5.69 Å². The number of nitrogens with zero attached hydrogens (tertiary/aromatic N) is 2. The molecule has 4 rings (SSSR count). The van der Waals surface area contributed by atoms with Gasteiger partial charge >= 0.3 is 0 Å². The molecule has 1 aromatic heterocycles. The lowest BCUT2D eigenvalue weighted by atomic mass is 9.96. The monoisotopic (exact) mass is 506 g/mol. The van der Waals surface area contributed by atoms with Crippen LogP contribution in [0.1, 0.15) is 31.0 Å². The second-order valence-corrected chi connectivity index (χ2v) is 9.08. The highest BCUT2D eigenvalue weighted by Crippen LogP contribution is 2.42. The molecule has 2 aromatic carbocycles. The molecule has 1 aliphatic heterocycles.